The summed E-state index contributed by atoms with van der Waals surface area (Å²) in [6, 6.07) is 2.48. The van der Waals surface area contributed by atoms with Crippen molar-refractivity contribution in [1.82, 2.24) is 4.98 Å². The molecule has 1 rings (SSSR count). The Morgan fingerprint density at radius 2 is 2.13 bits per heavy atom. The lowest BCUT2D eigenvalue weighted by Gasteiger charge is -2.08. The third kappa shape index (κ3) is 3.25. The zero-order chi connectivity index (χ0) is 11.6. The molecule has 0 aliphatic heterocycles. The van der Waals surface area contributed by atoms with Gasteiger partial charge in [0.25, 0.3) is 0 Å². The van der Waals surface area contributed by atoms with Crippen molar-refractivity contribution in [3.05, 3.63) is 21.3 Å². The van der Waals surface area contributed by atoms with Gasteiger partial charge in [-0.15, -0.1) is 13.2 Å². The van der Waals surface area contributed by atoms with Crippen LogP contribution in [-0.2, 0) is 0 Å². The van der Waals surface area contributed by atoms with Gasteiger partial charge in [-0.05, 0) is 15.9 Å². The van der Waals surface area contributed by atoms with Gasteiger partial charge in [0.15, 0.2) is 0 Å². The van der Waals surface area contributed by atoms with Crippen LogP contribution in [0.15, 0.2) is 10.5 Å². The summed E-state index contributed by atoms with van der Waals surface area (Å²) in [7, 11) is 0. The second-order valence-corrected chi connectivity index (χ2v) is 3.42. The molecule has 0 N–H and O–H groups in total. The second kappa shape index (κ2) is 4.24. The first-order chi connectivity index (χ1) is 6.83. The lowest BCUT2D eigenvalue weighted by molar-refractivity contribution is -0.276. The SMILES string of the molecule is N#Cc1cc(OC(F)(F)F)nc(Cl)c1Br. The third-order valence-corrected chi connectivity index (χ3v) is 2.54. The molecule has 8 heteroatoms. The summed E-state index contributed by atoms with van der Waals surface area (Å²) in [6.45, 7) is 0. The summed E-state index contributed by atoms with van der Waals surface area (Å²) < 4.78 is 39.1. The topological polar surface area (TPSA) is 45.9 Å². The summed E-state index contributed by atoms with van der Waals surface area (Å²) in [4.78, 5) is 3.29. The highest BCUT2D eigenvalue weighted by Gasteiger charge is 2.32. The average Bonchev–Trinajstić information content (AvgIpc) is 2.08. The fraction of sp³-hybridized carbons (Fsp3) is 0.143. The summed E-state index contributed by atoms with van der Waals surface area (Å²) in [5.74, 6) is -0.771. The summed E-state index contributed by atoms with van der Waals surface area (Å²) >= 11 is 8.37. The van der Waals surface area contributed by atoms with E-state index >= 15 is 0 Å². The highest BCUT2D eigenvalue weighted by Crippen LogP contribution is 2.29. The van der Waals surface area contributed by atoms with Gasteiger partial charge in [0.1, 0.15) is 11.2 Å². The Hall–Kier alpha value is -1.00. The number of hydrogen-bond donors (Lipinski definition) is 0. The molecular formula is C7HBrClF3N2O. The number of pyridine rings is 1. The van der Waals surface area contributed by atoms with Crippen LogP contribution in [0.5, 0.6) is 5.88 Å². The van der Waals surface area contributed by atoms with E-state index in [4.69, 9.17) is 16.9 Å². The zero-order valence-electron chi connectivity index (χ0n) is 6.77. The normalized spacial score (nSPS) is 10.9. The Bertz CT molecular complexity index is 429. The molecule has 15 heavy (non-hydrogen) atoms. The van der Waals surface area contributed by atoms with Crippen LogP contribution >= 0.6 is 27.5 Å². The Morgan fingerprint density at radius 1 is 1.53 bits per heavy atom. The monoisotopic (exact) mass is 300 g/mol. The lowest BCUT2D eigenvalue weighted by atomic mass is 10.3. The molecule has 1 heterocycles. The van der Waals surface area contributed by atoms with Gasteiger partial charge in [0.05, 0.1) is 10.0 Å². The minimum atomic E-state index is -4.86. The van der Waals surface area contributed by atoms with Crippen molar-refractivity contribution < 1.29 is 17.9 Å². The number of rotatable bonds is 1. The number of halogens is 5. The average molecular weight is 301 g/mol. The van der Waals surface area contributed by atoms with Gasteiger partial charge in [0, 0.05) is 6.07 Å². The van der Waals surface area contributed by atoms with Crippen LogP contribution in [0.2, 0.25) is 5.15 Å². The Kier molecular flexibility index (Phi) is 3.42. The predicted octanol–water partition coefficient (Wildman–Crippen LogP) is 3.27. The van der Waals surface area contributed by atoms with Crippen LogP contribution in [0.3, 0.4) is 0 Å². The van der Waals surface area contributed by atoms with Crippen molar-refractivity contribution >= 4 is 27.5 Å². The maximum absolute atomic E-state index is 11.8. The molecule has 0 bridgehead atoms. The van der Waals surface area contributed by atoms with Crippen molar-refractivity contribution in [2.75, 3.05) is 0 Å². The van der Waals surface area contributed by atoms with E-state index in [9.17, 15) is 13.2 Å². The van der Waals surface area contributed by atoms with E-state index in [1.54, 1.807) is 6.07 Å². The molecule has 0 amide bonds. The van der Waals surface area contributed by atoms with Crippen molar-refractivity contribution in [3.8, 4) is 11.9 Å². The van der Waals surface area contributed by atoms with E-state index < -0.39 is 12.2 Å². The highest BCUT2D eigenvalue weighted by atomic mass is 79.9. The molecule has 1 aromatic heterocycles. The van der Waals surface area contributed by atoms with Crippen molar-refractivity contribution in [2.24, 2.45) is 0 Å². The minimum absolute atomic E-state index is 0.0887. The number of hydrogen-bond acceptors (Lipinski definition) is 3. The largest absolute Gasteiger partial charge is 0.574 e. The highest BCUT2D eigenvalue weighted by molar-refractivity contribution is 9.10. The molecule has 0 fully saturated rings. The maximum Gasteiger partial charge on any atom is 0.574 e. The van der Waals surface area contributed by atoms with Gasteiger partial charge in [0.2, 0.25) is 5.88 Å². The van der Waals surface area contributed by atoms with E-state index in [1.165, 1.54) is 0 Å². The molecule has 0 aliphatic rings. The number of aromatic nitrogens is 1. The molecule has 1 aromatic rings. The molecule has 0 unspecified atom stereocenters. The van der Waals surface area contributed by atoms with E-state index in [2.05, 4.69) is 25.7 Å². The Morgan fingerprint density at radius 3 is 2.60 bits per heavy atom. The molecule has 3 nitrogen and oxygen atoms in total. The fourth-order valence-corrected chi connectivity index (χ4v) is 1.21. The number of nitrogens with zero attached hydrogens (tertiary/aromatic N) is 2. The lowest BCUT2D eigenvalue weighted by Crippen LogP contribution is -2.18. The summed E-state index contributed by atoms with van der Waals surface area (Å²) in [5, 5.41) is 8.29. The number of nitriles is 1. The van der Waals surface area contributed by atoms with E-state index in [0.29, 0.717) is 0 Å². The minimum Gasteiger partial charge on any atom is -0.388 e. The molecule has 0 spiro atoms. The molecular weight excluding hydrogens is 300 g/mol. The van der Waals surface area contributed by atoms with Crippen LogP contribution in [-0.4, -0.2) is 11.3 Å². The van der Waals surface area contributed by atoms with Gasteiger partial charge < -0.3 is 4.74 Å². The van der Waals surface area contributed by atoms with Crippen LogP contribution in [0.1, 0.15) is 5.56 Å². The smallest absolute Gasteiger partial charge is 0.388 e. The molecule has 0 radical (unpaired) electrons. The summed E-state index contributed by atoms with van der Waals surface area (Å²) in [5.41, 5.74) is -0.0887. The van der Waals surface area contributed by atoms with Crippen LogP contribution in [0, 0.1) is 11.3 Å². The first-order valence-corrected chi connectivity index (χ1v) is 4.52. The van der Waals surface area contributed by atoms with Crippen molar-refractivity contribution in [1.29, 1.82) is 5.26 Å². The van der Waals surface area contributed by atoms with Crippen LogP contribution in [0.4, 0.5) is 13.2 Å². The van der Waals surface area contributed by atoms with Gasteiger partial charge >= 0.3 is 6.36 Å². The van der Waals surface area contributed by atoms with Crippen LogP contribution < -0.4 is 4.74 Å². The van der Waals surface area contributed by atoms with Crippen LogP contribution in [0.25, 0.3) is 0 Å². The van der Waals surface area contributed by atoms with Gasteiger partial charge in [-0.1, -0.05) is 11.6 Å². The van der Waals surface area contributed by atoms with E-state index in [0.717, 1.165) is 6.07 Å². The fourth-order valence-electron chi connectivity index (χ4n) is 0.728. The second-order valence-electron chi connectivity index (χ2n) is 2.27. The molecule has 0 saturated carbocycles. The van der Waals surface area contributed by atoms with E-state index in [-0.39, 0.29) is 15.2 Å². The van der Waals surface area contributed by atoms with E-state index in [1.807, 2.05) is 0 Å². The Balaban J connectivity index is 3.13. The quantitative estimate of drug-likeness (QED) is 0.748. The van der Waals surface area contributed by atoms with Gasteiger partial charge in [-0.2, -0.15) is 5.26 Å². The number of ether oxygens (including phenoxy) is 1. The molecule has 0 atom stereocenters. The molecule has 80 valence electrons. The molecule has 0 aliphatic carbocycles. The predicted molar refractivity (Wildman–Crippen MR) is 48.3 cm³/mol. The standard InChI is InChI=1S/C7HBrClF3N2O/c8-5-3(2-13)1-4(14-6(5)9)15-7(10,11)12/h1H. The first-order valence-electron chi connectivity index (χ1n) is 3.35. The zero-order valence-corrected chi connectivity index (χ0v) is 9.11. The first kappa shape index (κ1) is 12.1. The molecule has 0 saturated heterocycles. The van der Waals surface area contributed by atoms with Gasteiger partial charge in [-0.25, -0.2) is 4.98 Å². The molecule has 0 aromatic carbocycles. The maximum atomic E-state index is 11.8. The van der Waals surface area contributed by atoms with Crippen molar-refractivity contribution in [3.63, 3.8) is 0 Å². The Labute approximate surface area is 95.6 Å². The van der Waals surface area contributed by atoms with Crippen molar-refractivity contribution in [2.45, 2.75) is 6.36 Å². The third-order valence-electron chi connectivity index (χ3n) is 1.23. The summed E-state index contributed by atoms with van der Waals surface area (Å²) in [6.07, 6.45) is -4.86. The van der Waals surface area contributed by atoms with Gasteiger partial charge in [-0.3, -0.25) is 0 Å². The number of alkyl halides is 3.